The van der Waals surface area contributed by atoms with Crippen molar-refractivity contribution in [3.63, 3.8) is 0 Å². The quantitative estimate of drug-likeness (QED) is 0.674. The first-order valence-electron chi connectivity index (χ1n) is 8.28. The van der Waals surface area contributed by atoms with Gasteiger partial charge in [0.2, 0.25) is 5.91 Å². The summed E-state index contributed by atoms with van der Waals surface area (Å²) in [6.07, 6.45) is 4.13. The highest BCUT2D eigenvalue weighted by molar-refractivity contribution is 7.13. The number of nitrogens with zero attached hydrogens (tertiary/aromatic N) is 4. The van der Waals surface area contributed by atoms with Crippen LogP contribution in [-0.2, 0) is 11.3 Å². The molecule has 0 radical (unpaired) electrons. The van der Waals surface area contributed by atoms with E-state index in [-0.39, 0.29) is 11.9 Å². The van der Waals surface area contributed by atoms with E-state index in [1.807, 2.05) is 67.4 Å². The summed E-state index contributed by atoms with van der Waals surface area (Å²) in [5.41, 5.74) is 2.03. The predicted molar refractivity (Wildman–Crippen MR) is 100 cm³/mol. The average Bonchev–Trinajstić information content (AvgIpc) is 3.24. The van der Waals surface area contributed by atoms with Gasteiger partial charge in [0.05, 0.1) is 12.2 Å². The van der Waals surface area contributed by atoms with Gasteiger partial charge in [-0.2, -0.15) is 0 Å². The Bertz CT molecular complexity index is 840. The minimum Gasteiger partial charge on any atom is -0.340 e. The highest BCUT2D eigenvalue weighted by Gasteiger charge is 2.17. The number of benzene rings is 1. The van der Waals surface area contributed by atoms with Crippen LogP contribution in [-0.4, -0.2) is 32.4 Å². The Balaban J connectivity index is 1.60. The molecule has 6 heteroatoms. The standard InChI is InChI=1S/C19H22N4OS/c1-14(23-10-9-20-15(23)2)11-18(24)22(3)12-17-13-25-19(21-17)16-7-5-4-6-8-16/h4-10,13-14H,11-12H2,1-3H3/t14-/m1/s1. The number of thiazole rings is 1. The molecule has 0 aliphatic carbocycles. The molecule has 0 bridgehead atoms. The second kappa shape index (κ2) is 7.61. The molecule has 3 aromatic rings. The molecule has 0 aliphatic heterocycles. The molecule has 0 aliphatic rings. The van der Waals surface area contributed by atoms with Crippen LogP contribution in [0.3, 0.4) is 0 Å². The molecule has 3 rings (SSSR count). The molecule has 0 saturated carbocycles. The van der Waals surface area contributed by atoms with E-state index in [0.29, 0.717) is 13.0 Å². The van der Waals surface area contributed by atoms with Crippen LogP contribution in [0.15, 0.2) is 48.1 Å². The van der Waals surface area contributed by atoms with E-state index < -0.39 is 0 Å². The van der Waals surface area contributed by atoms with Crippen molar-refractivity contribution in [2.45, 2.75) is 32.9 Å². The summed E-state index contributed by atoms with van der Waals surface area (Å²) >= 11 is 1.61. The van der Waals surface area contributed by atoms with E-state index in [2.05, 4.69) is 9.97 Å². The molecular weight excluding hydrogens is 332 g/mol. The summed E-state index contributed by atoms with van der Waals surface area (Å²) in [6, 6.07) is 10.2. The number of hydrogen-bond donors (Lipinski definition) is 0. The lowest BCUT2D eigenvalue weighted by Crippen LogP contribution is -2.28. The van der Waals surface area contributed by atoms with E-state index in [1.165, 1.54) is 0 Å². The Morgan fingerprint density at radius 1 is 1.32 bits per heavy atom. The molecule has 0 spiro atoms. The van der Waals surface area contributed by atoms with Crippen molar-refractivity contribution in [3.05, 3.63) is 59.6 Å². The average molecular weight is 354 g/mol. The maximum absolute atomic E-state index is 12.5. The molecule has 0 unspecified atom stereocenters. The van der Waals surface area contributed by atoms with Gasteiger partial charge in [0.25, 0.3) is 0 Å². The molecule has 130 valence electrons. The van der Waals surface area contributed by atoms with Gasteiger partial charge >= 0.3 is 0 Å². The number of imidazole rings is 1. The lowest BCUT2D eigenvalue weighted by molar-refractivity contribution is -0.131. The molecule has 1 aromatic carbocycles. The predicted octanol–water partition coefficient (Wildman–Crippen LogP) is 3.92. The van der Waals surface area contributed by atoms with E-state index >= 15 is 0 Å². The number of carbonyl (C=O) groups excluding carboxylic acids is 1. The van der Waals surface area contributed by atoms with Crippen LogP contribution >= 0.6 is 11.3 Å². The Morgan fingerprint density at radius 3 is 2.76 bits per heavy atom. The first-order chi connectivity index (χ1) is 12.0. The number of hydrogen-bond acceptors (Lipinski definition) is 4. The van der Waals surface area contributed by atoms with Crippen molar-refractivity contribution in [2.24, 2.45) is 0 Å². The maximum Gasteiger partial charge on any atom is 0.224 e. The van der Waals surface area contributed by atoms with E-state index in [1.54, 1.807) is 22.4 Å². The summed E-state index contributed by atoms with van der Waals surface area (Å²) in [6.45, 7) is 4.51. The number of rotatable bonds is 6. The van der Waals surface area contributed by atoms with Crippen molar-refractivity contribution in [1.29, 1.82) is 0 Å². The van der Waals surface area contributed by atoms with Gasteiger partial charge in [-0.15, -0.1) is 11.3 Å². The van der Waals surface area contributed by atoms with Crippen molar-refractivity contribution >= 4 is 17.2 Å². The first kappa shape index (κ1) is 17.4. The van der Waals surface area contributed by atoms with Gasteiger partial charge < -0.3 is 9.47 Å². The Morgan fingerprint density at radius 2 is 2.08 bits per heavy atom. The van der Waals surface area contributed by atoms with Gasteiger partial charge in [-0.05, 0) is 13.8 Å². The summed E-state index contributed by atoms with van der Waals surface area (Å²) < 4.78 is 2.03. The molecule has 25 heavy (non-hydrogen) atoms. The smallest absolute Gasteiger partial charge is 0.224 e. The Labute approximate surface area is 152 Å². The zero-order valence-electron chi connectivity index (χ0n) is 14.7. The third-order valence-electron chi connectivity index (χ3n) is 4.20. The molecule has 2 aromatic heterocycles. The summed E-state index contributed by atoms with van der Waals surface area (Å²) in [7, 11) is 1.83. The minimum atomic E-state index is 0.0905. The fourth-order valence-electron chi connectivity index (χ4n) is 2.78. The van der Waals surface area contributed by atoms with Crippen LogP contribution in [0.25, 0.3) is 10.6 Å². The van der Waals surface area contributed by atoms with Crippen LogP contribution in [0.2, 0.25) is 0 Å². The van der Waals surface area contributed by atoms with Crippen LogP contribution < -0.4 is 0 Å². The molecule has 2 heterocycles. The SMILES string of the molecule is Cc1nccn1[C@H](C)CC(=O)N(C)Cc1csc(-c2ccccc2)n1. The summed E-state index contributed by atoms with van der Waals surface area (Å²) in [5, 5.41) is 3.01. The Kier molecular flexibility index (Phi) is 5.28. The Hall–Kier alpha value is -2.47. The van der Waals surface area contributed by atoms with Crippen molar-refractivity contribution < 1.29 is 4.79 Å². The second-order valence-electron chi connectivity index (χ2n) is 6.19. The van der Waals surface area contributed by atoms with Gasteiger partial charge in [-0.3, -0.25) is 4.79 Å². The zero-order valence-corrected chi connectivity index (χ0v) is 15.5. The van der Waals surface area contributed by atoms with Gasteiger partial charge in [0.1, 0.15) is 10.8 Å². The fourth-order valence-corrected chi connectivity index (χ4v) is 3.60. The van der Waals surface area contributed by atoms with Crippen LogP contribution in [0, 0.1) is 6.92 Å². The molecule has 0 fully saturated rings. The molecular formula is C19H22N4OS. The normalized spacial score (nSPS) is 12.1. The lowest BCUT2D eigenvalue weighted by Gasteiger charge is -2.20. The highest BCUT2D eigenvalue weighted by Crippen LogP contribution is 2.24. The molecule has 1 atom stereocenters. The number of aromatic nitrogens is 3. The second-order valence-corrected chi connectivity index (χ2v) is 7.05. The van der Waals surface area contributed by atoms with Crippen LogP contribution in [0.1, 0.15) is 30.9 Å². The summed E-state index contributed by atoms with van der Waals surface area (Å²) in [5.74, 6) is 1.03. The fraction of sp³-hybridized carbons (Fsp3) is 0.316. The van der Waals surface area contributed by atoms with E-state index in [9.17, 15) is 4.79 Å². The van der Waals surface area contributed by atoms with Crippen LogP contribution in [0.5, 0.6) is 0 Å². The number of aryl methyl sites for hydroxylation is 1. The topological polar surface area (TPSA) is 51.0 Å². The monoisotopic (exact) mass is 354 g/mol. The van der Waals surface area contributed by atoms with Gasteiger partial charge in [-0.1, -0.05) is 30.3 Å². The van der Waals surface area contributed by atoms with Gasteiger partial charge in [-0.25, -0.2) is 9.97 Å². The highest BCUT2D eigenvalue weighted by atomic mass is 32.1. The minimum absolute atomic E-state index is 0.0905. The number of amides is 1. The molecule has 5 nitrogen and oxygen atoms in total. The van der Waals surface area contributed by atoms with Crippen molar-refractivity contribution in [2.75, 3.05) is 7.05 Å². The lowest BCUT2D eigenvalue weighted by atomic mass is 10.2. The molecule has 0 saturated heterocycles. The maximum atomic E-state index is 12.5. The largest absolute Gasteiger partial charge is 0.340 e. The van der Waals surface area contributed by atoms with Gasteiger partial charge in [0, 0.05) is 42.8 Å². The van der Waals surface area contributed by atoms with E-state index in [0.717, 1.165) is 22.1 Å². The number of carbonyl (C=O) groups is 1. The van der Waals surface area contributed by atoms with Gasteiger partial charge in [0.15, 0.2) is 0 Å². The van der Waals surface area contributed by atoms with Crippen LogP contribution in [0.4, 0.5) is 0 Å². The third kappa shape index (κ3) is 4.14. The summed E-state index contributed by atoms with van der Waals surface area (Å²) in [4.78, 5) is 23.1. The van der Waals surface area contributed by atoms with Crippen molar-refractivity contribution in [3.8, 4) is 10.6 Å². The first-order valence-corrected chi connectivity index (χ1v) is 9.16. The zero-order chi connectivity index (χ0) is 17.8. The van der Waals surface area contributed by atoms with Crippen molar-refractivity contribution in [1.82, 2.24) is 19.4 Å². The molecule has 1 amide bonds. The third-order valence-corrected chi connectivity index (χ3v) is 5.14. The van der Waals surface area contributed by atoms with E-state index in [4.69, 9.17) is 0 Å². The molecule has 0 N–H and O–H groups in total.